The second-order valence-electron chi connectivity index (χ2n) is 7.17. The number of rotatable bonds is 4. The predicted octanol–water partition coefficient (Wildman–Crippen LogP) is 2.65. The van der Waals surface area contributed by atoms with Gasteiger partial charge < -0.3 is 19.5 Å². The first-order valence-corrected chi connectivity index (χ1v) is 9.84. The molecule has 7 nitrogen and oxygen atoms in total. The number of amidine groups is 1. The Labute approximate surface area is 170 Å². The lowest BCUT2D eigenvalue weighted by molar-refractivity contribution is -0.137. The minimum absolute atomic E-state index is 0.170. The Kier molecular flexibility index (Phi) is 5.67. The fourth-order valence-corrected chi connectivity index (χ4v) is 3.68. The molecule has 0 radical (unpaired) electrons. The molecule has 4 rings (SSSR count). The van der Waals surface area contributed by atoms with Crippen LogP contribution in [0.4, 0.5) is 0 Å². The largest absolute Gasteiger partial charge is 0.497 e. The molecule has 0 saturated carbocycles. The van der Waals surface area contributed by atoms with Gasteiger partial charge in [0.05, 0.1) is 19.1 Å². The van der Waals surface area contributed by atoms with Crippen molar-refractivity contribution in [2.24, 2.45) is 4.99 Å². The first kappa shape index (κ1) is 19.3. The highest BCUT2D eigenvalue weighted by Crippen LogP contribution is 2.33. The average Bonchev–Trinajstić information content (AvgIpc) is 3.04. The number of ether oxygens (including phenoxy) is 2. The van der Waals surface area contributed by atoms with Crippen molar-refractivity contribution in [3.63, 3.8) is 0 Å². The van der Waals surface area contributed by atoms with Crippen LogP contribution < -0.4 is 9.47 Å². The van der Waals surface area contributed by atoms with E-state index in [4.69, 9.17) is 19.6 Å². The molecule has 1 aliphatic carbocycles. The number of allylic oxidation sites excluding steroid dienone is 4. The molecule has 1 fully saturated rings. The van der Waals surface area contributed by atoms with E-state index in [9.17, 15) is 4.79 Å². The highest BCUT2D eigenvalue weighted by atomic mass is 16.5. The summed E-state index contributed by atoms with van der Waals surface area (Å²) < 4.78 is 11.7. The molecule has 3 aliphatic rings. The normalized spacial score (nSPS) is 18.9. The topological polar surface area (TPSA) is 74.6 Å². The van der Waals surface area contributed by atoms with Gasteiger partial charge in [-0.3, -0.25) is 9.69 Å². The van der Waals surface area contributed by atoms with Gasteiger partial charge in [-0.2, -0.15) is 0 Å². The third-order valence-electron chi connectivity index (χ3n) is 5.29. The number of piperazine rings is 1. The second kappa shape index (κ2) is 8.53. The molecule has 152 valence electrons. The average molecular weight is 395 g/mol. The molecule has 0 bridgehead atoms. The summed E-state index contributed by atoms with van der Waals surface area (Å²) in [6.07, 6.45) is 8.88. The molecule has 0 atom stereocenters. The minimum atomic E-state index is -0.757. The van der Waals surface area contributed by atoms with Crippen molar-refractivity contribution in [1.29, 1.82) is 0 Å². The molecule has 0 amide bonds. The van der Waals surface area contributed by atoms with E-state index in [2.05, 4.69) is 15.9 Å². The van der Waals surface area contributed by atoms with E-state index in [-0.39, 0.29) is 6.42 Å². The van der Waals surface area contributed by atoms with Gasteiger partial charge >= 0.3 is 5.97 Å². The fraction of sp³-hybridized carbons (Fsp3) is 0.364. The van der Waals surface area contributed by atoms with Crippen LogP contribution in [0.1, 0.15) is 18.4 Å². The molecule has 1 saturated heterocycles. The third kappa shape index (κ3) is 4.35. The molecule has 29 heavy (non-hydrogen) atoms. The van der Waals surface area contributed by atoms with Gasteiger partial charge in [0.15, 0.2) is 0 Å². The highest BCUT2D eigenvalue weighted by Gasteiger charge is 2.27. The van der Waals surface area contributed by atoms with Gasteiger partial charge in [0.25, 0.3) is 0 Å². The summed E-state index contributed by atoms with van der Waals surface area (Å²) in [4.78, 5) is 20.3. The van der Waals surface area contributed by atoms with E-state index in [0.717, 1.165) is 60.5 Å². The van der Waals surface area contributed by atoms with Crippen LogP contribution in [-0.2, 0) is 4.79 Å². The number of benzene rings is 1. The molecule has 0 aromatic heterocycles. The Hall–Kier alpha value is -3.06. The first-order chi connectivity index (χ1) is 14.1. The van der Waals surface area contributed by atoms with Crippen molar-refractivity contribution < 1.29 is 19.4 Å². The van der Waals surface area contributed by atoms with E-state index in [1.807, 2.05) is 36.4 Å². The number of carboxylic acids is 1. The number of hydrogen-bond donors (Lipinski definition) is 1. The van der Waals surface area contributed by atoms with Crippen LogP contribution >= 0.6 is 0 Å². The predicted molar refractivity (Wildman–Crippen MR) is 110 cm³/mol. The number of fused-ring (bicyclic) bond motifs is 1. The van der Waals surface area contributed by atoms with Crippen LogP contribution in [-0.4, -0.2) is 66.5 Å². The summed E-state index contributed by atoms with van der Waals surface area (Å²) in [6, 6.07) is 5.80. The van der Waals surface area contributed by atoms with Crippen LogP contribution in [0.5, 0.6) is 11.5 Å². The summed E-state index contributed by atoms with van der Waals surface area (Å²) in [7, 11) is 1.65. The summed E-state index contributed by atoms with van der Waals surface area (Å²) in [6.45, 7) is 3.73. The van der Waals surface area contributed by atoms with Crippen molar-refractivity contribution in [2.75, 3.05) is 39.8 Å². The molecular formula is C22H25N3O4. The standard InChI is InChI=1S/C22H25N3O4/c1-28-16-7-8-19-17(15-16)22(23-18-5-3-2-4-6-20(18)29-19)25-13-11-24(12-14-25)10-9-21(26)27/h2-5,7-8,15H,6,9-14H2,1H3,(H,26,27). The smallest absolute Gasteiger partial charge is 0.304 e. The third-order valence-corrected chi connectivity index (χ3v) is 5.29. The Balaban J connectivity index is 1.63. The zero-order valence-electron chi connectivity index (χ0n) is 16.5. The lowest BCUT2D eigenvalue weighted by Gasteiger charge is -2.36. The summed E-state index contributed by atoms with van der Waals surface area (Å²) in [5.74, 6) is 2.47. The molecular weight excluding hydrogens is 370 g/mol. The van der Waals surface area contributed by atoms with Crippen LogP contribution in [0.2, 0.25) is 0 Å². The van der Waals surface area contributed by atoms with Gasteiger partial charge in [-0.1, -0.05) is 18.2 Å². The summed E-state index contributed by atoms with van der Waals surface area (Å²) in [5, 5.41) is 8.92. The minimum Gasteiger partial charge on any atom is -0.497 e. The van der Waals surface area contributed by atoms with E-state index in [1.165, 1.54) is 0 Å². The SMILES string of the molecule is COc1ccc2c(c1)C(N1CCN(CCC(=O)O)CC1)=NC1=C(CC=CC=C1)O2. The van der Waals surface area contributed by atoms with Gasteiger partial charge in [-0.05, 0) is 24.3 Å². The number of aliphatic carboxylic acids is 1. The Morgan fingerprint density at radius 3 is 2.83 bits per heavy atom. The molecule has 0 spiro atoms. The zero-order chi connectivity index (χ0) is 20.2. The molecule has 7 heteroatoms. The first-order valence-electron chi connectivity index (χ1n) is 9.84. The quantitative estimate of drug-likeness (QED) is 0.845. The van der Waals surface area contributed by atoms with E-state index in [0.29, 0.717) is 13.0 Å². The summed E-state index contributed by atoms with van der Waals surface area (Å²) >= 11 is 0. The van der Waals surface area contributed by atoms with E-state index in [1.54, 1.807) is 7.11 Å². The number of carboxylic acid groups (broad SMARTS) is 1. The fourth-order valence-electron chi connectivity index (χ4n) is 3.68. The number of methoxy groups -OCH3 is 1. The summed E-state index contributed by atoms with van der Waals surface area (Å²) in [5.41, 5.74) is 1.74. The number of nitrogens with zero attached hydrogens (tertiary/aromatic N) is 3. The lowest BCUT2D eigenvalue weighted by atomic mass is 10.1. The second-order valence-corrected chi connectivity index (χ2v) is 7.17. The number of carbonyl (C=O) groups is 1. The lowest BCUT2D eigenvalue weighted by Crippen LogP contribution is -2.49. The van der Waals surface area contributed by atoms with Gasteiger partial charge in [0, 0.05) is 39.1 Å². The maximum absolute atomic E-state index is 10.9. The Morgan fingerprint density at radius 2 is 2.07 bits per heavy atom. The Morgan fingerprint density at radius 1 is 1.24 bits per heavy atom. The highest BCUT2D eigenvalue weighted by molar-refractivity contribution is 6.02. The zero-order valence-corrected chi connectivity index (χ0v) is 16.5. The van der Waals surface area contributed by atoms with Gasteiger partial charge in [0.2, 0.25) is 0 Å². The van der Waals surface area contributed by atoms with Crippen LogP contribution in [0.3, 0.4) is 0 Å². The van der Waals surface area contributed by atoms with Crippen LogP contribution in [0.25, 0.3) is 0 Å². The van der Waals surface area contributed by atoms with Gasteiger partial charge in [-0.25, -0.2) is 4.99 Å². The maximum Gasteiger partial charge on any atom is 0.304 e. The van der Waals surface area contributed by atoms with E-state index < -0.39 is 5.97 Å². The van der Waals surface area contributed by atoms with Crippen molar-refractivity contribution in [1.82, 2.24) is 9.80 Å². The van der Waals surface area contributed by atoms with Gasteiger partial charge in [0.1, 0.15) is 28.8 Å². The Bertz CT molecular complexity index is 909. The molecule has 0 unspecified atom stereocenters. The van der Waals surface area contributed by atoms with Crippen molar-refractivity contribution in [2.45, 2.75) is 12.8 Å². The van der Waals surface area contributed by atoms with Crippen molar-refractivity contribution in [3.05, 3.63) is 59.5 Å². The molecule has 1 N–H and O–H groups in total. The molecule has 1 aromatic rings. The van der Waals surface area contributed by atoms with Crippen molar-refractivity contribution in [3.8, 4) is 11.5 Å². The van der Waals surface area contributed by atoms with Crippen LogP contribution in [0, 0.1) is 0 Å². The molecule has 1 aromatic carbocycles. The van der Waals surface area contributed by atoms with Gasteiger partial charge in [-0.15, -0.1) is 0 Å². The monoisotopic (exact) mass is 395 g/mol. The number of hydrogen-bond acceptors (Lipinski definition) is 6. The number of aliphatic imine (C=N–C) groups is 1. The van der Waals surface area contributed by atoms with Crippen molar-refractivity contribution >= 4 is 11.8 Å². The molecule has 2 aliphatic heterocycles. The van der Waals surface area contributed by atoms with Crippen LogP contribution in [0.15, 0.2) is 59.0 Å². The van der Waals surface area contributed by atoms with E-state index >= 15 is 0 Å². The molecule has 2 heterocycles. The maximum atomic E-state index is 10.9.